The van der Waals surface area contributed by atoms with Crippen LogP contribution in [0.1, 0.15) is 48.0 Å². The van der Waals surface area contributed by atoms with Gasteiger partial charge >= 0.3 is 0 Å². The molecule has 0 radical (unpaired) electrons. The average Bonchev–Trinajstić information content (AvgIpc) is 2.31. The number of hydrogen-bond donors (Lipinski definition) is 1. The summed E-state index contributed by atoms with van der Waals surface area (Å²) in [5.74, 6) is 0.124. The minimum absolute atomic E-state index is 0.124. The Morgan fingerprint density at radius 1 is 1.00 bits per heavy atom. The van der Waals surface area contributed by atoms with Gasteiger partial charge in [-0.2, -0.15) is 0 Å². The van der Waals surface area contributed by atoms with E-state index in [0.29, 0.717) is 19.8 Å². The van der Waals surface area contributed by atoms with Crippen LogP contribution in [0.2, 0.25) is 0 Å². The molecule has 0 spiro atoms. The highest BCUT2D eigenvalue weighted by atomic mass is 16.5. The van der Waals surface area contributed by atoms with Crippen molar-refractivity contribution >= 4 is 5.78 Å². The van der Waals surface area contributed by atoms with Crippen LogP contribution in [0.5, 0.6) is 0 Å². The second-order valence-electron chi connectivity index (χ2n) is 6.50. The SMILES string of the molecule is CCC(C)(C)NCCOCCOCC(=O)C(C)(C)C. The van der Waals surface area contributed by atoms with Crippen LogP contribution in [-0.2, 0) is 14.3 Å². The fourth-order valence-corrected chi connectivity index (χ4v) is 1.19. The minimum atomic E-state index is -0.323. The number of nitrogens with one attached hydrogen (secondary N) is 1. The number of ketones is 1. The van der Waals surface area contributed by atoms with E-state index in [4.69, 9.17) is 9.47 Å². The van der Waals surface area contributed by atoms with Crippen molar-refractivity contribution in [2.45, 2.75) is 53.5 Å². The van der Waals surface area contributed by atoms with Crippen molar-refractivity contribution < 1.29 is 14.3 Å². The van der Waals surface area contributed by atoms with E-state index in [0.717, 1.165) is 13.0 Å². The van der Waals surface area contributed by atoms with Crippen LogP contribution in [0.4, 0.5) is 0 Å². The molecule has 0 fully saturated rings. The third-order valence-corrected chi connectivity index (χ3v) is 3.18. The quantitative estimate of drug-likeness (QED) is 0.621. The Bertz CT molecular complexity index is 257. The average molecular weight is 273 g/mol. The maximum Gasteiger partial charge on any atom is 0.163 e. The maximum absolute atomic E-state index is 11.6. The number of Topliss-reactive ketones (excluding diaryl/α,β-unsaturated/α-hetero) is 1. The zero-order valence-corrected chi connectivity index (χ0v) is 13.5. The van der Waals surface area contributed by atoms with Crippen LogP contribution in [0.25, 0.3) is 0 Å². The molecule has 0 aliphatic carbocycles. The largest absolute Gasteiger partial charge is 0.378 e. The van der Waals surface area contributed by atoms with Crippen LogP contribution in [0.3, 0.4) is 0 Å². The molecule has 0 aromatic rings. The molecule has 0 bridgehead atoms. The molecule has 0 aromatic heterocycles. The third kappa shape index (κ3) is 10.0. The minimum Gasteiger partial charge on any atom is -0.378 e. The first-order valence-electron chi connectivity index (χ1n) is 7.13. The van der Waals surface area contributed by atoms with Crippen molar-refractivity contribution in [3.63, 3.8) is 0 Å². The Hall–Kier alpha value is -0.450. The summed E-state index contributed by atoms with van der Waals surface area (Å²) in [7, 11) is 0. The van der Waals surface area contributed by atoms with Gasteiger partial charge in [-0.15, -0.1) is 0 Å². The van der Waals surface area contributed by atoms with E-state index >= 15 is 0 Å². The molecule has 0 aliphatic heterocycles. The monoisotopic (exact) mass is 273 g/mol. The van der Waals surface area contributed by atoms with E-state index in [1.165, 1.54) is 0 Å². The van der Waals surface area contributed by atoms with Crippen LogP contribution in [-0.4, -0.2) is 44.3 Å². The standard InChI is InChI=1S/C15H31NO3/c1-7-15(5,6)16-8-9-18-10-11-19-12-13(17)14(2,3)4/h16H,7-12H2,1-6H3. The molecule has 4 nitrogen and oxygen atoms in total. The molecule has 0 saturated heterocycles. The Balaban J connectivity index is 3.40. The molecule has 114 valence electrons. The fourth-order valence-electron chi connectivity index (χ4n) is 1.19. The zero-order chi connectivity index (χ0) is 14.9. The molecule has 0 amide bonds. The van der Waals surface area contributed by atoms with Crippen LogP contribution in [0, 0.1) is 5.41 Å². The van der Waals surface area contributed by atoms with Crippen molar-refractivity contribution in [1.82, 2.24) is 5.32 Å². The first kappa shape index (κ1) is 18.6. The molecule has 0 saturated carbocycles. The molecule has 0 unspecified atom stereocenters. The summed E-state index contributed by atoms with van der Waals surface area (Å²) in [6.07, 6.45) is 1.09. The topological polar surface area (TPSA) is 47.6 Å². The molecule has 4 heteroatoms. The summed E-state index contributed by atoms with van der Waals surface area (Å²) in [5.41, 5.74) is -0.157. The van der Waals surface area contributed by atoms with Gasteiger partial charge in [0.15, 0.2) is 5.78 Å². The van der Waals surface area contributed by atoms with E-state index < -0.39 is 0 Å². The summed E-state index contributed by atoms with van der Waals surface area (Å²) < 4.78 is 10.7. The van der Waals surface area contributed by atoms with Crippen LogP contribution in [0.15, 0.2) is 0 Å². The summed E-state index contributed by atoms with van der Waals surface area (Å²) in [5, 5.41) is 3.42. The number of carbonyl (C=O) groups is 1. The van der Waals surface area contributed by atoms with Crippen LogP contribution < -0.4 is 5.32 Å². The molecular weight excluding hydrogens is 242 g/mol. The van der Waals surface area contributed by atoms with Crippen LogP contribution >= 0.6 is 0 Å². The molecular formula is C15H31NO3. The summed E-state index contributed by atoms with van der Waals surface area (Å²) in [6.45, 7) is 14.9. The van der Waals surface area contributed by atoms with Gasteiger partial charge in [0.1, 0.15) is 6.61 Å². The lowest BCUT2D eigenvalue weighted by molar-refractivity contribution is -0.131. The second-order valence-corrected chi connectivity index (χ2v) is 6.50. The van der Waals surface area contributed by atoms with Crippen molar-refractivity contribution in [2.75, 3.05) is 33.0 Å². The number of hydrogen-bond acceptors (Lipinski definition) is 4. The lowest BCUT2D eigenvalue weighted by atomic mass is 9.91. The molecule has 1 N–H and O–H groups in total. The zero-order valence-electron chi connectivity index (χ0n) is 13.5. The molecule has 0 rings (SSSR count). The van der Waals surface area contributed by atoms with E-state index in [9.17, 15) is 4.79 Å². The Morgan fingerprint density at radius 3 is 2.11 bits per heavy atom. The van der Waals surface area contributed by atoms with Gasteiger partial charge in [-0.05, 0) is 20.3 Å². The summed E-state index contributed by atoms with van der Waals surface area (Å²) >= 11 is 0. The Morgan fingerprint density at radius 2 is 1.58 bits per heavy atom. The lowest BCUT2D eigenvalue weighted by Gasteiger charge is -2.24. The summed E-state index contributed by atoms with van der Waals surface area (Å²) in [6, 6.07) is 0. The highest BCUT2D eigenvalue weighted by Gasteiger charge is 2.20. The number of ether oxygens (including phenoxy) is 2. The fraction of sp³-hybridized carbons (Fsp3) is 0.933. The van der Waals surface area contributed by atoms with Gasteiger partial charge in [-0.25, -0.2) is 0 Å². The Kier molecular flexibility index (Phi) is 8.46. The normalized spacial score (nSPS) is 12.7. The van der Waals surface area contributed by atoms with E-state index in [-0.39, 0.29) is 23.3 Å². The van der Waals surface area contributed by atoms with Crippen molar-refractivity contribution in [1.29, 1.82) is 0 Å². The lowest BCUT2D eigenvalue weighted by Crippen LogP contribution is -2.40. The van der Waals surface area contributed by atoms with Gasteiger partial charge in [0.05, 0.1) is 19.8 Å². The number of carbonyl (C=O) groups excluding carboxylic acids is 1. The van der Waals surface area contributed by atoms with Crippen molar-refractivity contribution in [2.24, 2.45) is 5.41 Å². The predicted octanol–water partition coefficient (Wildman–Crippen LogP) is 2.41. The van der Waals surface area contributed by atoms with Crippen molar-refractivity contribution in [3.05, 3.63) is 0 Å². The summed E-state index contributed by atoms with van der Waals surface area (Å²) in [4.78, 5) is 11.6. The molecule has 0 aliphatic rings. The highest BCUT2D eigenvalue weighted by Crippen LogP contribution is 2.14. The van der Waals surface area contributed by atoms with Crippen molar-refractivity contribution in [3.8, 4) is 0 Å². The van der Waals surface area contributed by atoms with Gasteiger partial charge in [0.2, 0.25) is 0 Å². The Labute approximate surface area is 118 Å². The van der Waals surface area contributed by atoms with E-state index in [2.05, 4.69) is 26.1 Å². The first-order chi connectivity index (χ1) is 8.69. The second kappa shape index (κ2) is 8.67. The van der Waals surface area contributed by atoms with Gasteiger partial charge < -0.3 is 14.8 Å². The molecule has 19 heavy (non-hydrogen) atoms. The molecule has 0 atom stereocenters. The van der Waals surface area contributed by atoms with E-state index in [1.807, 2.05) is 20.8 Å². The maximum atomic E-state index is 11.6. The van der Waals surface area contributed by atoms with E-state index in [1.54, 1.807) is 0 Å². The first-order valence-corrected chi connectivity index (χ1v) is 7.13. The van der Waals surface area contributed by atoms with Gasteiger partial charge in [0.25, 0.3) is 0 Å². The third-order valence-electron chi connectivity index (χ3n) is 3.18. The number of rotatable bonds is 10. The predicted molar refractivity (Wildman–Crippen MR) is 78.5 cm³/mol. The van der Waals surface area contributed by atoms with Gasteiger partial charge in [0, 0.05) is 17.5 Å². The van der Waals surface area contributed by atoms with Gasteiger partial charge in [-0.1, -0.05) is 27.7 Å². The van der Waals surface area contributed by atoms with Gasteiger partial charge in [-0.3, -0.25) is 4.79 Å². The molecule has 0 aromatic carbocycles. The molecule has 0 heterocycles. The highest BCUT2D eigenvalue weighted by molar-refractivity contribution is 5.84. The smallest absolute Gasteiger partial charge is 0.163 e.